The minimum absolute atomic E-state index is 0.916. The Morgan fingerprint density at radius 1 is 1.19 bits per heavy atom. The first kappa shape index (κ1) is 21.6. The van der Waals surface area contributed by atoms with Crippen molar-refractivity contribution in [2.24, 2.45) is 9.98 Å². The fourth-order valence-corrected chi connectivity index (χ4v) is 4.22. The first-order chi connectivity index (χ1) is 15.0. The van der Waals surface area contributed by atoms with Gasteiger partial charge in [0.2, 0.25) is 0 Å². The predicted molar refractivity (Wildman–Crippen MR) is 131 cm³/mol. The third-order valence-electron chi connectivity index (χ3n) is 6.71. The van der Waals surface area contributed by atoms with Gasteiger partial charge in [0.05, 0.1) is 17.1 Å². The molecule has 2 fully saturated rings. The molecule has 1 saturated carbocycles. The molecule has 0 aromatic carbocycles. The molecule has 3 aliphatic heterocycles. The smallest absolute Gasteiger partial charge is 0.137 e. The van der Waals surface area contributed by atoms with Crippen molar-refractivity contribution in [2.45, 2.75) is 39.5 Å². The number of nitrogens with zero attached hydrogens (tertiary/aromatic N) is 5. The average Bonchev–Trinajstić information content (AvgIpc) is 2.75. The zero-order chi connectivity index (χ0) is 22.0. The molecule has 31 heavy (non-hydrogen) atoms. The number of fused-ring (bicyclic) bond motifs is 1. The highest BCUT2D eigenvalue weighted by molar-refractivity contribution is 6.12. The molecule has 5 nitrogen and oxygen atoms in total. The van der Waals surface area contributed by atoms with E-state index in [1.807, 2.05) is 7.05 Å². The topological polar surface area (TPSA) is 34.4 Å². The van der Waals surface area contributed by atoms with Crippen LogP contribution in [-0.4, -0.2) is 66.5 Å². The van der Waals surface area contributed by atoms with Crippen molar-refractivity contribution in [3.8, 4) is 0 Å². The van der Waals surface area contributed by atoms with Gasteiger partial charge in [0.1, 0.15) is 5.84 Å². The molecular weight excluding hydrogens is 382 g/mol. The molecule has 0 spiro atoms. The molecule has 1 aliphatic carbocycles. The Morgan fingerprint density at radius 2 is 1.94 bits per heavy atom. The standard InChI is InChI=1S/C26H35N5/c1-6-19(2)20(3)16-23(27-4)24-17-25(21-8-7-9-21)31-18-22(10-11-26(31)28-24)30-14-12-29(5)13-15-30/h10-11,16-18H,2,6-9,12-15H2,1,3-5H3/b20-16+,27-23?. The summed E-state index contributed by atoms with van der Waals surface area (Å²) in [5.41, 5.74) is 8.24. The summed E-state index contributed by atoms with van der Waals surface area (Å²) in [6.07, 6.45) is 15.6. The van der Waals surface area contributed by atoms with Crippen molar-refractivity contribution >= 4 is 11.5 Å². The SMILES string of the molecule is C=C(CC)/C(C)=C/C(=NC)C1=CC(=C2CCC2)N2C=C(N3CCN(C)CC3)C=CC2=N1. The predicted octanol–water partition coefficient (Wildman–Crippen LogP) is 4.66. The van der Waals surface area contributed by atoms with Crippen LogP contribution in [0.5, 0.6) is 0 Å². The second kappa shape index (κ2) is 9.23. The maximum atomic E-state index is 5.00. The van der Waals surface area contributed by atoms with Gasteiger partial charge in [-0.3, -0.25) is 9.89 Å². The lowest BCUT2D eigenvalue weighted by Gasteiger charge is -2.38. The first-order valence-electron chi connectivity index (χ1n) is 11.5. The van der Waals surface area contributed by atoms with Crippen molar-refractivity contribution in [2.75, 3.05) is 40.3 Å². The minimum Gasteiger partial charge on any atom is -0.368 e. The normalized spacial score (nSPS) is 22.6. The van der Waals surface area contributed by atoms with Crippen LogP contribution in [-0.2, 0) is 0 Å². The molecular formula is C26H35N5. The van der Waals surface area contributed by atoms with Crippen LogP contribution in [0.15, 0.2) is 80.9 Å². The molecule has 0 bridgehead atoms. The zero-order valence-corrected chi connectivity index (χ0v) is 19.5. The highest BCUT2D eigenvalue weighted by Crippen LogP contribution is 2.35. The van der Waals surface area contributed by atoms with Crippen LogP contribution in [0.1, 0.15) is 39.5 Å². The summed E-state index contributed by atoms with van der Waals surface area (Å²) >= 11 is 0. The summed E-state index contributed by atoms with van der Waals surface area (Å²) in [5, 5.41) is 0. The second-order valence-electron chi connectivity index (χ2n) is 8.78. The van der Waals surface area contributed by atoms with E-state index >= 15 is 0 Å². The summed E-state index contributed by atoms with van der Waals surface area (Å²) in [7, 11) is 4.04. The summed E-state index contributed by atoms with van der Waals surface area (Å²) < 4.78 is 0. The van der Waals surface area contributed by atoms with E-state index in [9.17, 15) is 0 Å². The molecule has 1 saturated heterocycles. The maximum absolute atomic E-state index is 5.00. The zero-order valence-electron chi connectivity index (χ0n) is 19.5. The molecule has 0 atom stereocenters. The lowest BCUT2D eigenvalue weighted by Crippen LogP contribution is -2.44. The van der Waals surface area contributed by atoms with Gasteiger partial charge in [0.15, 0.2) is 0 Å². The maximum Gasteiger partial charge on any atom is 0.137 e. The van der Waals surface area contributed by atoms with Crippen LogP contribution in [0.2, 0.25) is 0 Å². The third-order valence-corrected chi connectivity index (χ3v) is 6.71. The van der Waals surface area contributed by atoms with Gasteiger partial charge in [-0.15, -0.1) is 0 Å². The Hall–Kier alpha value is -2.66. The second-order valence-corrected chi connectivity index (χ2v) is 8.78. The van der Waals surface area contributed by atoms with Crippen LogP contribution in [0, 0.1) is 0 Å². The Balaban J connectivity index is 1.66. The number of amidine groups is 1. The van der Waals surface area contributed by atoms with Gasteiger partial charge >= 0.3 is 0 Å². The van der Waals surface area contributed by atoms with E-state index in [1.165, 1.54) is 41.8 Å². The molecule has 0 N–H and O–H groups in total. The number of likely N-dealkylation sites (N-methyl/N-ethyl adjacent to an activating group) is 1. The van der Waals surface area contributed by atoms with Gasteiger partial charge in [-0.05, 0) is 75.1 Å². The summed E-state index contributed by atoms with van der Waals surface area (Å²) in [5.74, 6) is 0.978. The van der Waals surface area contributed by atoms with E-state index in [4.69, 9.17) is 4.99 Å². The van der Waals surface area contributed by atoms with Gasteiger partial charge in [0, 0.05) is 45.1 Å². The average molecular weight is 418 g/mol. The van der Waals surface area contributed by atoms with E-state index in [0.29, 0.717) is 0 Å². The number of piperazine rings is 1. The van der Waals surface area contributed by atoms with Crippen LogP contribution in [0.4, 0.5) is 0 Å². The fraction of sp³-hybridized carbons (Fsp3) is 0.462. The molecule has 4 aliphatic rings. The molecule has 0 amide bonds. The molecule has 4 rings (SSSR count). The third kappa shape index (κ3) is 4.52. The van der Waals surface area contributed by atoms with Crippen molar-refractivity contribution in [3.05, 3.63) is 70.9 Å². The highest BCUT2D eigenvalue weighted by atomic mass is 15.3. The Bertz CT molecular complexity index is 956. The van der Waals surface area contributed by atoms with Gasteiger partial charge < -0.3 is 9.80 Å². The monoisotopic (exact) mass is 417 g/mol. The van der Waals surface area contributed by atoms with Crippen LogP contribution in [0.3, 0.4) is 0 Å². The summed E-state index contributed by atoms with van der Waals surface area (Å²) in [6.45, 7) is 12.8. The van der Waals surface area contributed by atoms with Gasteiger partial charge in [-0.25, -0.2) is 4.99 Å². The number of hydrogen-bond acceptors (Lipinski definition) is 5. The number of hydrogen-bond donors (Lipinski definition) is 0. The molecule has 0 unspecified atom stereocenters. The molecule has 3 heterocycles. The van der Waals surface area contributed by atoms with Crippen molar-refractivity contribution in [1.82, 2.24) is 14.7 Å². The molecule has 0 radical (unpaired) electrons. The van der Waals surface area contributed by atoms with Crippen LogP contribution < -0.4 is 0 Å². The number of allylic oxidation sites excluding steroid dienone is 6. The quantitative estimate of drug-likeness (QED) is 0.482. The Labute approximate surface area is 187 Å². The molecule has 0 aromatic rings. The first-order valence-corrected chi connectivity index (χ1v) is 11.5. The highest BCUT2D eigenvalue weighted by Gasteiger charge is 2.28. The largest absolute Gasteiger partial charge is 0.368 e. The van der Waals surface area contributed by atoms with Crippen molar-refractivity contribution in [1.29, 1.82) is 0 Å². The van der Waals surface area contributed by atoms with E-state index in [2.05, 4.69) is 77.7 Å². The van der Waals surface area contributed by atoms with E-state index in [-0.39, 0.29) is 0 Å². The van der Waals surface area contributed by atoms with Gasteiger partial charge in [0.25, 0.3) is 0 Å². The van der Waals surface area contributed by atoms with E-state index in [1.54, 1.807) is 0 Å². The summed E-state index contributed by atoms with van der Waals surface area (Å²) in [4.78, 5) is 16.7. The van der Waals surface area contributed by atoms with Gasteiger partial charge in [-0.2, -0.15) is 0 Å². The minimum atomic E-state index is 0.916. The van der Waals surface area contributed by atoms with Gasteiger partial charge in [-0.1, -0.05) is 19.1 Å². The van der Waals surface area contributed by atoms with E-state index < -0.39 is 0 Å². The molecule has 5 heteroatoms. The Morgan fingerprint density at radius 3 is 2.55 bits per heavy atom. The number of aliphatic imine (C=N–C) groups is 2. The summed E-state index contributed by atoms with van der Waals surface area (Å²) in [6, 6.07) is 0. The van der Waals surface area contributed by atoms with Crippen molar-refractivity contribution < 1.29 is 0 Å². The van der Waals surface area contributed by atoms with E-state index in [0.717, 1.165) is 55.4 Å². The molecule has 164 valence electrons. The lowest BCUT2D eigenvalue weighted by atomic mass is 9.89. The Kier molecular flexibility index (Phi) is 6.42. The van der Waals surface area contributed by atoms with Crippen LogP contribution >= 0.6 is 0 Å². The number of rotatable bonds is 5. The van der Waals surface area contributed by atoms with Crippen molar-refractivity contribution in [3.63, 3.8) is 0 Å². The fourth-order valence-electron chi connectivity index (χ4n) is 4.22. The molecule has 0 aromatic heterocycles. The van der Waals surface area contributed by atoms with Crippen LogP contribution in [0.25, 0.3) is 0 Å². The lowest BCUT2D eigenvalue weighted by molar-refractivity contribution is 0.188.